The van der Waals surface area contributed by atoms with Crippen LogP contribution in [0.25, 0.3) is 0 Å². The van der Waals surface area contributed by atoms with Crippen molar-refractivity contribution in [2.75, 3.05) is 6.61 Å². The van der Waals surface area contributed by atoms with E-state index < -0.39 is 12.5 Å². The van der Waals surface area contributed by atoms with Crippen LogP contribution in [-0.4, -0.2) is 17.6 Å². The molecule has 1 rings (SSSR count). The first-order valence-electron chi connectivity index (χ1n) is 3.95. The summed E-state index contributed by atoms with van der Waals surface area (Å²) in [6, 6.07) is 5.40. The topological polar surface area (TPSA) is 49.3 Å². The standard InChI is InChI=1S/C9H9BrClNO2/c10-7-2-1-6(8(11)3-7)4-12-9(14)5-13/h1-3,13H,4-5H2,(H,12,14). The summed E-state index contributed by atoms with van der Waals surface area (Å²) in [5.41, 5.74) is 0.816. The molecule has 0 aliphatic heterocycles. The van der Waals surface area contributed by atoms with E-state index in [0.717, 1.165) is 10.0 Å². The molecule has 1 amide bonds. The van der Waals surface area contributed by atoms with Crippen molar-refractivity contribution in [1.29, 1.82) is 0 Å². The molecule has 5 heteroatoms. The number of nitrogens with one attached hydrogen (secondary N) is 1. The fourth-order valence-electron chi connectivity index (χ4n) is 0.915. The molecule has 0 fully saturated rings. The van der Waals surface area contributed by atoms with Crippen molar-refractivity contribution in [3.05, 3.63) is 33.3 Å². The van der Waals surface area contributed by atoms with Gasteiger partial charge in [-0.25, -0.2) is 0 Å². The zero-order chi connectivity index (χ0) is 10.6. The molecule has 3 nitrogen and oxygen atoms in total. The van der Waals surface area contributed by atoms with Gasteiger partial charge in [0.05, 0.1) is 0 Å². The third-order valence-electron chi connectivity index (χ3n) is 1.63. The molecule has 0 radical (unpaired) electrons. The monoisotopic (exact) mass is 277 g/mol. The Morgan fingerprint density at radius 3 is 2.86 bits per heavy atom. The van der Waals surface area contributed by atoms with Gasteiger partial charge in [-0.05, 0) is 17.7 Å². The summed E-state index contributed by atoms with van der Waals surface area (Å²) in [4.78, 5) is 10.7. The van der Waals surface area contributed by atoms with Crippen LogP contribution in [0, 0.1) is 0 Å². The first-order chi connectivity index (χ1) is 6.63. The highest BCUT2D eigenvalue weighted by molar-refractivity contribution is 9.10. The SMILES string of the molecule is O=C(CO)NCc1ccc(Br)cc1Cl. The van der Waals surface area contributed by atoms with Gasteiger partial charge in [-0.15, -0.1) is 0 Å². The van der Waals surface area contributed by atoms with Crippen molar-refractivity contribution >= 4 is 33.4 Å². The summed E-state index contributed by atoms with van der Waals surface area (Å²) in [6.07, 6.45) is 0. The molecule has 2 N–H and O–H groups in total. The summed E-state index contributed by atoms with van der Waals surface area (Å²) in [6.45, 7) is -0.181. The van der Waals surface area contributed by atoms with Gasteiger partial charge in [-0.3, -0.25) is 4.79 Å². The van der Waals surface area contributed by atoms with E-state index in [9.17, 15) is 4.79 Å². The van der Waals surface area contributed by atoms with Gasteiger partial charge in [-0.2, -0.15) is 0 Å². The summed E-state index contributed by atoms with van der Waals surface area (Å²) in [5.74, 6) is -0.413. The van der Waals surface area contributed by atoms with Crippen LogP contribution < -0.4 is 5.32 Å². The van der Waals surface area contributed by atoms with Crippen molar-refractivity contribution in [2.24, 2.45) is 0 Å². The molecule has 0 saturated heterocycles. The van der Waals surface area contributed by atoms with Crippen LogP contribution in [0.3, 0.4) is 0 Å². The minimum absolute atomic E-state index is 0.325. The van der Waals surface area contributed by atoms with Crippen molar-refractivity contribution in [3.8, 4) is 0 Å². The molecule has 0 bridgehead atoms. The van der Waals surface area contributed by atoms with Crippen LogP contribution >= 0.6 is 27.5 Å². The number of aliphatic hydroxyl groups excluding tert-OH is 1. The van der Waals surface area contributed by atoms with Crippen LogP contribution in [-0.2, 0) is 11.3 Å². The van der Waals surface area contributed by atoms with E-state index in [-0.39, 0.29) is 0 Å². The van der Waals surface area contributed by atoms with Gasteiger partial charge in [0.15, 0.2) is 0 Å². The second kappa shape index (κ2) is 5.34. The minimum Gasteiger partial charge on any atom is -0.387 e. The molecular weight excluding hydrogens is 269 g/mol. The maximum atomic E-state index is 10.7. The molecule has 0 aromatic heterocycles. The van der Waals surface area contributed by atoms with Crippen LogP contribution in [0.1, 0.15) is 5.56 Å². The lowest BCUT2D eigenvalue weighted by Crippen LogP contribution is -2.25. The molecule has 14 heavy (non-hydrogen) atoms. The Labute approximate surface area is 95.2 Å². The molecule has 76 valence electrons. The number of aliphatic hydroxyl groups is 1. The Hall–Kier alpha value is -0.580. The smallest absolute Gasteiger partial charge is 0.245 e. The lowest BCUT2D eigenvalue weighted by atomic mass is 10.2. The van der Waals surface area contributed by atoms with Crippen molar-refractivity contribution in [2.45, 2.75) is 6.54 Å². The Balaban J connectivity index is 2.63. The minimum atomic E-state index is -0.506. The third-order valence-corrected chi connectivity index (χ3v) is 2.48. The van der Waals surface area contributed by atoms with E-state index in [1.807, 2.05) is 12.1 Å². The Morgan fingerprint density at radius 2 is 2.29 bits per heavy atom. The third kappa shape index (κ3) is 3.29. The molecule has 0 atom stereocenters. The second-order valence-electron chi connectivity index (χ2n) is 2.67. The molecule has 0 spiro atoms. The summed E-state index contributed by atoms with van der Waals surface area (Å²) < 4.78 is 0.889. The van der Waals surface area contributed by atoms with Gasteiger partial charge in [0.25, 0.3) is 0 Å². The molecule has 1 aromatic carbocycles. The molecular formula is C9H9BrClNO2. The fourth-order valence-corrected chi connectivity index (χ4v) is 1.65. The number of benzene rings is 1. The predicted octanol–water partition coefficient (Wildman–Crippen LogP) is 1.71. The van der Waals surface area contributed by atoms with Crippen LogP contribution in [0.5, 0.6) is 0 Å². The van der Waals surface area contributed by atoms with E-state index in [1.165, 1.54) is 0 Å². The highest BCUT2D eigenvalue weighted by atomic mass is 79.9. The zero-order valence-electron chi connectivity index (χ0n) is 7.26. The van der Waals surface area contributed by atoms with Crippen molar-refractivity contribution in [1.82, 2.24) is 5.32 Å². The first kappa shape index (κ1) is 11.5. The van der Waals surface area contributed by atoms with Gasteiger partial charge < -0.3 is 10.4 Å². The lowest BCUT2D eigenvalue weighted by Gasteiger charge is -2.05. The van der Waals surface area contributed by atoms with Gasteiger partial charge in [-0.1, -0.05) is 33.6 Å². The predicted molar refractivity (Wildman–Crippen MR) is 58.1 cm³/mol. The van der Waals surface area contributed by atoms with E-state index in [2.05, 4.69) is 21.2 Å². The van der Waals surface area contributed by atoms with E-state index in [0.29, 0.717) is 11.6 Å². The maximum Gasteiger partial charge on any atom is 0.245 e. The molecule has 0 unspecified atom stereocenters. The highest BCUT2D eigenvalue weighted by Crippen LogP contribution is 2.20. The Kier molecular flexibility index (Phi) is 4.38. The number of carbonyl (C=O) groups is 1. The van der Waals surface area contributed by atoms with E-state index >= 15 is 0 Å². The van der Waals surface area contributed by atoms with E-state index in [4.69, 9.17) is 16.7 Å². The maximum absolute atomic E-state index is 10.7. The molecule has 0 saturated carbocycles. The summed E-state index contributed by atoms with van der Waals surface area (Å²) in [5, 5.41) is 11.6. The second-order valence-corrected chi connectivity index (χ2v) is 3.99. The van der Waals surface area contributed by atoms with Gasteiger partial charge in [0.2, 0.25) is 5.91 Å². The molecule has 0 aliphatic rings. The fraction of sp³-hybridized carbons (Fsp3) is 0.222. The molecule has 0 heterocycles. The summed E-state index contributed by atoms with van der Waals surface area (Å²) in [7, 11) is 0. The highest BCUT2D eigenvalue weighted by Gasteiger charge is 2.02. The molecule has 1 aromatic rings. The van der Waals surface area contributed by atoms with Crippen LogP contribution in [0.2, 0.25) is 5.02 Å². The van der Waals surface area contributed by atoms with Crippen LogP contribution in [0.15, 0.2) is 22.7 Å². The van der Waals surface area contributed by atoms with Crippen molar-refractivity contribution in [3.63, 3.8) is 0 Å². The van der Waals surface area contributed by atoms with Crippen LogP contribution in [0.4, 0.5) is 0 Å². The summed E-state index contributed by atoms with van der Waals surface area (Å²) >= 11 is 9.19. The van der Waals surface area contributed by atoms with Gasteiger partial charge >= 0.3 is 0 Å². The number of halogens is 2. The number of carbonyl (C=O) groups excluding carboxylic acids is 1. The Morgan fingerprint density at radius 1 is 1.57 bits per heavy atom. The number of amides is 1. The normalized spacial score (nSPS) is 9.93. The molecule has 0 aliphatic carbocycles. The van der Waals surface area contributed by atoms with Gasteiger partial charge in [0.1, 0.15) is 6.61 Å². The largest absolute Gasteiger partial charge is 0.387 e. The van der Waals surface area contributed by atoms with Crippen molar-refractivity contribution < 1.29 is 9.90 Å². The lowest BCUT2D eigenvalue weighted by molar-refractivity contribution is -0.123. The zero-order valence-corrected chi connectivity index (χ0v) is 9.60. The first-order valence-corrected chi connectivity index (χ1v) is 5.12. The van der Waals surface area contributed by atoms with E-state index in [1.54, 1.807) is 6.07 Å². The number of hydrogen-bond donors (Lipinski definition) is 2. The number of rotatable bonds is 3. The number of hydrogen-bond acceptors (Lipinski definition) is 2. The average Bonchev–Trinajstić information content (AvgIpc) is 2.16. The van der Waals surface area contributed by atoms with Gasteiger partial charge in [0, 0.05) is 16.0 Å². The average molecular weight is 279 g/mol. The quantitative estimate of drug-likeness (QED) is 0.884. The Bertz CT molecular complexity index is 344.